The summed E-state index contributed by atoms with van der Waals surface area (Å²) in [6, 6.07) is 104. The van der Waals surface area contributed by atoms with Crippen LogP contribution >= 0.6 is 0 Å². The van der Waals surface area contributed by atoms with Crippen molar-refractivity contribution in [3.05, 3.63) is 297 Å². The van der Waals surface area contributed by atoms with E-state index in [-0.39, 0.29) is 0 Å². The monoisotopic (exact) mass is 1090 g/mol. The summed E-state index contributed by atoms with van der Waals surface area (Å²) in [4.78, 5) is 27.7. The van der Waals surface area contributed by atoms with Crippen molar-refractivity contribution >= 4 is 65.2 Å². The Bertz CT molecular complexity index is 5380. The van der Waals surface area contributed by atoms with Crippen LogP contribution in [0.5, 0.6) is 0 Å². The molecule has 0 N–H and O–H groups in total. The Kier molecular flexibility index (Phi) is 12.1. The van der Waals surface area contributed by atoms with E-state index in [4.69, 9.17) is 24.9 Å². The summed E-state index contributed by atoms with van der Waals surface area (Å²) in [6.07, 6.45) is 0. The van der Waals surface area contributed by atoms with Gasteiger partial charge in [0.1, 0.15) is 11.6 Å². The van der Waals surface area contributed by atoms with Crippen LogP contribution in [0.4, 0.5) is 0 Å². The van der Waals surface area contributed by atoms with Gasteiger partial charge in [-0.05, 0) is 103 Å². The van der Waals surface area contributed by atoms with Crippen molar-refractivity contribution in [2.24, 2.45) is 0 Å². The third-order valence-corrected chi connectivity index (χ3v) is 16.7. The minimum atomic E-state index is 0.486. The van der Waals surface area contributed by atoms with Gasteiger partial charge >= 0.3 is 0 Å². The van der Waals surface area contributed by atoms with Crippen molar-refractivity contribution in [1.82, 2.24) is 24.9 Å². The fourth-order valence-electron chi connectivity index (χ4n) is 12.6. The maximum atomic E-state index is 11.7. The van der Waals surface area contributed by atoms with Gasteiger partial charge in [0.2, 0.25) is 0 Å². The van der Waals surface area contributed by atoms with E-state index in [0.29, 0.717) is 22.6 Å². The normalized spacial score (nSPS) is 11.5. The number of hydrogen-bond acceptors (Lipinski definition) is 6. The van der Waals surface area contributed by atoms with E-state index in [1.165, 1.54) is 0 Å². The lowest BCUT2D eigenvalue weighted by molar-refractivity contribution is 1.23. The molecule has 0 aliphatic rings. The largest absolute Gasteiger partial charge is 0.245 e. The van der Waals surface area contributed by atoms with E-state index >= 15 is 0 Å². The van der Waals surface area contributed by atoms with Gasteiger partial charge < -0.3 is 0 Å². The highest BCUT2D eigenvalue weighted by molar-refractivity contribution is 6.18. The van der Waals surface area contributed by atoms with Crippen LogP contribution in [-0.4, -0.2) is 24.9 Å². The number of pyridine rings is 3. The predicted octanol–water partition coefficient (Wildman–Crippen LogP) is 20.5. The molecule has 0 unspecified atom stereocenters. The van der Waals surface area contributed by atoms with E-state index in [1.54, 1.807) is 0 Å². The van der Waals surface area contributed by atoms with Crippen LogP contribution in [0.1, 0.15) is 5.56 Å². The molecule has 16 rings (SSSR count). The van der Waals surface area contributed by atoms with E-state index in [2.05, 4.69) is 218 Å². The number of nitriles is 1. The molecule has 0 atom stereocenters. The molecule has 86 heavy (non-hydrogen) atoms. The van der Waals surface area contributed by atoms with Gasteiger partial charge in [-0.1, -0.05) is 249 Å². The number of nitrogens with zero attached hydrogens (tertiary/aromatic N) is 6. The van der Waals surface area contributed by atoms with Gasteiger partial charge in [-0.25, -0.2) is 24.9 Å². The molecular formula is C80H48N6. The highest BCUT2D eigenvalue weighted by Gasteiger charge is 2.25. The average Bonchev–Trinajstić information content (AvgIpc) is 0.862. The van der Waals surface area contributed by atoms with Crippen molar-refractivity contribution < 1.29 is 0 Å². The highest BCUT2D eigenvalue weighted by atomic mass is 14.9. The lowest BCUT2D eigenvalue weighted by Crippen LogP contribution is -2.00. The number of hydrogen-bond donors (Lipinski definition) is 0. The third kappa shape index (κ3) is 8.61. The summed E-state index contributed by atoms with van der Waals surface area (Å²) < 4.78 is 0. The number of fused-ring (bicyclic) bond motifs is 8. The first-order valence-electron chi connectivity index (χ1n) is 28.9. The zero-order chi connectivity index (χ0) is 57.1. The molecule has 4 aromatic heterocycles. The topological polar surface area (TPSA) is 88.2 Å². The fourth-order valence-corrected chi connectivity index (χ4v) is 12.6. The Morgan fingerprint density at radius 3 is 1.15 bits per heavy atom. The predicted molar refractivity (Wildman–Crippen MR) is 354 cm³/mol. The van der Waals surface area contributed by atoms with E-state index < -0.39 is 0 Å². The number of benzene rings is 12. The van der Waals surface area contributed by atoms with E-state index in [0.717, 1.165) is 149 Å². The number of rotatable bonds is 9. The van der Waals surface area contributed by atoms with E-state index in [1.807, 2.05) is 78.9 Å². The van der Waals surface area contributed by atoms with Crippen LogP contribution < -0.4 is 0 Å². The summed E-state index contributed by atoms with van der Waals surface area (Å²) in [6.45, 7) is 0. The molecule has 0 radical (unpaired) electrons. The van der Waals surface area contributed by atoms with Gasteiger partial charge in [-0.3, -0.25) is 0 Å². The molecule has 6 heteroatoms. The van der Waals surface area contributed by atoms with Crippen LogP contribution in [0.15, 0.2) is 291 Å². The van der Waals surface area contributed by atoms with Crippen molar-refractivity contribution in [3.63, 3.8) is 0 Å². The second kappa shape index (κ2) is 20.9. The molecule has 0 spiro atoms. The molecule has 0 saturated heterocycles. The maximum absolute atomic E-state index is 11.7. The van der Waals surface area contributed by atoms with Gasteiger partial charge in [-0.15, -0.1) is 0 Å². The van der Waals surface area contributed by atoms with Gasteiger partial charge in [0.25, 0.3) is 0 Å². The molecular weight excluding hydrogens is 1040 g/mol. The SMILES string of the molecule is N#Cc1c(-c2ccccc2)nc2c(ccc3c(-c4ccccc4)cc(-c4ccccc4)nc32)c1-c1cc(-c2cc(-c3nc(-c4ccccc4)nc4c3ccc3c(-c5ccccc5)cc(-c5ccccc5)nc34)c3ccccc3c2)cc2ccccc12. The molecule has 398 valence electrons. The zero-order valence-corrected chi connectivity index (χ0v) is 46.4. The minimum absolute atomic E-state index is 0.486. The molecule has 0 fully saturated rings. The van der Waals surface area contributed by atoms with Crippen molar-refractivity contribution in [2.75, 3.05) is 0 Å². The summed E-state index contributed by atoms with van der Waals surface area (Å²) in [7, 11) is 0. The molecule has 0 aliphatic carbocycles. The van der Waals surface area contributed by atoms with Crippen molar-refractivity contribution in [1.29, 1.82) is 5.26 Å². The van der Waals surface area contributed by atoms with Crippen LogP contribution in [0, 0.1) is 11.3 Å². The second-order valence-corrected chi connectivity index (χ2v) is 21.7. The smallest absolute Gasteiger partial charge is 0.160 e. The van der Waals surface area contributed by atoms with E-state index in [9.17, 15) is 5.26 Å². The molecule has 0 bridgehead atoms. The third-order valence-electron chi connectivity index (χ3n) is 16.7. The molecule has 0 aliphatic heterocycles. The minimum Gasteiger partial charge on any atom is -0.245 e. The molecule has 0 saturated carbocycles. The Labute approximate surface area is 496 Å². The van der Waals surface area contributed by atoms with Gasteiger partial charge in [-0.2, -0.15) is 5.26 Å². The van der Waals surface area contributed by atoms with Crippen LogP contribution in [0.3, 0.4) is 0 Å². The maximum Gasteiger partial charge on any atom is 0.160 e. The molecule has 6 nitrogen and oxygen atoms in total. The Hall–Kier alpha value is -11.8. The molecule has 16 aromatic rings. The second-order valence-electron chi connectivity index (χ2n) is 21.7. The summed E-state index contributed by atoms with van der Waals surface area (Å²) in [5.74, 6) is 0.605. The van der Waals surface area contributed by atoms with Crippen molar-refractivity contribution in [3.8, 4) is 107 Å². The van der Waals surface area contributed by atoms with Crippen LogP contribution in [-0.2, 0) is 0 Å². The van der Waals surface area contributed by atoms with Crippen molar-refractivity contribution in [2.45, 2.75) is 0 Å². The van der Waals surface area contributed by atoms with Crippen LogP contribution in [0.25, 0.3) is 166 Å². The van der Waals surface area contributed by atoms with Gasteiger partial charge in [0, 0.05) is 54.9 Å². The fraction of sp³-hybridized carbons (Fsp3) is 0. The standard InChI is InChI=1S/C80H48N6/c81-49-70-73(64-41-39-62-66(50-23-7-1-8-24-50)47-71(52-27-11-3-12-28-52)82-76(62)78(64)84-74(70)54-31-15-5-16-32-54)68-45-58(43-56-35-19-21-37-60(56)68)59-44-57-36-20-22-38-61(57)69(46-59)75-65-42-40-63-67(51-25-9-2-10-26-51)48-72(53-29-13-4-14-30-53)83-77(63)79(65)86-80(85-75)55-33-17-6-18-34-55/h1-48H. The van der Waals surface area contributed by atoms with Crippen LogP contribution in [0.2, 0.25) is 0 Å². The molecule has 0 amide bonds. The lowest BCUT2D eigenvalue weighted by Gasteiger charge is -2.19. The summed E-state index contributed by atoms with van der Waals surface area (Å²) in [5, 5.41) is 19.5. The molecule has 12 aromatic carbocycles. The Morgan fingerprint density at radius 2 is 0.640 bits per heavy atom. The average molecular weight is 1090 g/mol. The van der Waals surface area contributed by atoms with Gasteiger partial charge in [0.15, 0.2) is 5.82 Å². The Balaban J connectivity index is 0.975. The lowest BCUT2D eigenvalue weighted by atomic mass is 9.86. The van der Waals surface area contributed by atoms with Gasteiger partial charge in [0.05, 0.1) is 44.9 Å². The summed E-state index contributed by atoms with van der Waals surface area (Å²) >= 11 is 0. The molecule has 4 heterocycles. The Morgan fingerprint density at radius 1 is 0.244 bits per heavy atom. The first kappa shape index (κ1) is 50.0. The quantitative estimate of drug-likeness (QED) is 0.134. The highest BCUT2D eigenvalue weighted by Crippen LogP contribution is 2.47. The summed E-state index contributed by atoms with van der Waals surface area (Å²) in [5.41, 5.74) is 19.3. The number of aromatic nitrogens is 5. The zero-order valence-electron chi connectivity index (χ0n) is 46.4. The first-order valence-corrected chi connectivity index (χ1v) is 28.9. The first-order chi connectivity index (χ1) is 42.6.